The summed E-state index contributed by atoms with van der Waals surface area (Å²) in [4.78, 5) is 13.7. The largest absolute Gasteiger partial charge is 0.344 e. The molecule has 0 aliphatic carbocycles. The molecule has 3 N–H and O–H groups in total. The summed E-state index contributed by atoms with van der Waals surface area (Å²) in [6.07, 6.45) is 0.931. The first-order valence-electron chi connectivity index (χ1n) is 5.87. The Balaban J connectivity index is 2.51. The first-order valence-corrected chi connectivity index (χ1v) is 5.87. The van der Waals surface area contributed by atoms with Gasteiger partial charge in [0.05, 0.1) is 0 Å². The summed E-state index contributed by atoms with van der Waals surface area (Å²) >= 11 is 0. The molecule has 1 rings (SSSR count). The minimum absolute atomic E-state index is 0.0349. The predicted molar refractivity (Wildman–Crippen MR) is 69.6 cm³/mol. The highest BCUT2D eigenvalue weighted by Crippen LogP contribution is 2.11. The summed E-state index contributed by atoms with van der Waals surface area (Å²) in [6, 6.07) is 8.90. The molecule has 0 bridgehead atoms. The Bertz CT molecular complexity index is 340. The summed E-state index contributed by atoms with van der Waals surface area (Å²) in [5.74, 6) is -0.0349. The maximum Gasteiger partial charge on any atom is 0.243 e. The van der Waals surface area contributed by atoms with E-state index in [2.05, 4.69) is 5.32 Å². The smallest absolute Gasteiger partial charge is 0.243 e. The number of carbonyl (C=O) groups is 1. The van der Waals surface area contributed by atoms with Gasteiger partial charge in [0.25, 0.3) is 0 Å². The molecule has 1 atom stereocenters. The van der Waals surface area contributed by atoms with Gasteiger partial charge in [-0.25, -0.2) is 0 Å². The number of nitrogens with zero attached hydrogens (tertiary/aromatic N) is 1. The van der Waals surface area contributed by atoms with Crippen molar-refractivity contribution in [1.29, 1.82) is 0 Å². The molecule has 0 saturated carbocycles. The fraction of sp³-hybridized carbons (Fsp3) is 0.462. The maximum absolute atomic E-state index is 12.0. The average Bonchev–Trinajstić information content (AvgIpc) is 2.38. The fourth-order valence-corrected chi connectivity index (χ4v) is 1.64. The van der Waals surface area contributed by atoms with E-state index in [0.717, 1.165) is 25.1 Å². The number of carbonyl (C=O) groups excluding carboxylic acids is 1. The third kappa shape index (κ3) is 4.17. The average molecular weight is 235 g/mol. The first kappa shape index (κ1) is 13.7. The van der Waals surface area contributed by atoms with E-state index >= 15 is 0 Å². The molecule has 0 fully saturated rings. The summed E-state index contributed by atoms with van der Waals surface area (Å²) in [5, 5.41) is 3.05. The molecule has 0 aliphatic rings. The van der Waals surface area contributed by atoms with Gasteiger partial charge in [0.2, 0.25) is 5.91 Å². The van der Waals surface area contributed by atoms with E-state index < -0.39 is 6.04 Å². The Hall–Kier alpha value is -1.39. The quantitative estimate of drug-likeness (QED) is 0.716. The number of hydrogen-bond donors (Lipinski definition) is 2. The van der Waals surface area contributed by atoms with E-state index in [0.29, 0.717) is 0 Å². The van der Waals surface area contributed by atoms with Crippen LogP contribution in [0.25, 0.3) is 0 Å². The second-order valence-corrected chi connectivity index (χ2v) is 4.11. The molecule has 94 valence electrons. The molecule has 0 aromatic heterocycles. The normalized spacial score (nSPS) is 12.2. The zero-order valence-electron chi connectivity index (χ0n) is 10.5. The van der Waals surface area contributed by atoms with Gasteiger partial charge in [-0.3, -0.25) is 4.79 Å². The van der Waals surface area contributed by atoms with Crippen molar-refractivity contribution >= 4 is 5.91 Å². The molecule has 0 heterocycles. The van der Waals surface area contributed by atoms with E-state index in [1.165, 1.54) is 0 Å². The molecular weight excluding hydrogens is 214 g/mol. The Morgan fingerprint density at radius 3 is 2.65 bits per heavy atom. The highest BCUT2D eigenvalue weighted by Gasteiger charge is 2.18. The van der Waals surface area contributed by atoms with Gasteiger partial charge >= 0.3 is 0 Å². The van der Waals surface area contributed by atoms with Crippen LogP contribution in [0.15, 0.2) is 30.3 Å². The number of rotatable bonds is 6. The van der Waals surface area contributed by atoms with Crippen molar-refractivity contribution in [3.8, 4) is 0 Å². The van der Waals surface area contributed by atoms with E-state index in [4.69, 9.17) is 5.73 Å². The SMILES string of the molecule is CNCCCN(C)C(=O)C(N)c1ccccc1. The molecule has 1 aromatic carbocycles. The Labute approximate surface area is 103 Å². The van der Waals surface area contributed by atoms with E-state index in [-0.39, 0.29) is 5.91 Å². The second-order valence-electron chi connectivity index (χ2n) is 4.11. The van der Waals surface area contributed by atoms with Gasteiger partial charge in [0, 0.05) is 13.6 Å². The first-order chi connectivity index (χ1) is 8.16. The van der Waals surface area contributed by atoms with Crippen LogP contribution in [0.5, 0.6) is 0 Å². The van der Waals surface area contributed by atoms with E-state index in [9.17, 15) is 4.79 Å². The summed E-state index contributed by atoms with van der Waals surface area (Å²) in [7, 11) is 3.69. The Kier molecular flexibility index (Phi) is 5.66. The predicted octanol–water partition coefficient (Wildman–Crippen LogP) is 0.754. The summed E-state index contributed by atoms with van der Waals surface area (Å²) in [5.41, 5.74) is 6.80. The zero-order valence-corrected chi connectivity index (χ0v) is 10.5. The Morgan fingerprint density at radius 2 is 2.06 bits per heavy atom. The third-order valence-corrected chi connectivity index (χ3v) is 2.72. The maximum atomic E-state index is 12.0. The fourth-order valence-electron chi connectivity index (χ4n) is 1.64. The molecule has 1 aromatic rings. The lowest BCUT2D eigenvalue weighted by Gasteiger charge is -2.21. The number of nitrogens with one attached hydrogen (secondary N) is 1. The van der Waals surface area contributed by atoms with Gasteiger partial charge in [0.1, 0.15) is 6.04 Å². The minimum atomic E-state index is -0.559. The number of amides is 1. The molecular formula is C13H21N3O. The van der Waals surface area contributed by atoms with Gasteiger partial charge in [-0.2, -0.15) is 0 Å². The lowest BCUT2D eigenvalue weighted by molar-refractivity contribution is -0.131. The van der Waals surface area contributed by atoms with Crippen molar-refractivity contribution in [2.45, 2.75) is 12.5 Å². The zero-order chi connectivity index (χ0) is 12.7. The molecule has 1 unspecified atom stereocenters. The van der Waals surface area contributed by atoms with Gasteiger partial charge in [-0.15, -0.1) is 0 Å². The van der Waals surface area contributed by atoms with Crippen LogP contribution in [-0.4, -0.2) is 38.0 Å². The number of hydrogen-bond acceptors (Lipinski definition) is 3. The second kappa shape index (κ2) is 7.04. The summed E-state index contributed by atoms with van der Waals surface area (Å²) < 4.78 is 0. The van der Waals surface area contributed by atoms with Crippen molar-refractivity contribution in [2.75, 3.05) is 27.2 Å². The van der Waals surface area contributed by atoms with Crippen molar-refractivity contribution in [3.05, 3.63) is 35.9 Å². The molecule has 17 heavy (non-hydrogen) atoms. The Morgan fingerprint density at radius 1 is 1.41 bits per heavy atom. The monoisotopic (exact) mass is 235 g/mol. The van der Waals surface area contributed by atoms with Crippen LogP contribution in [0, 0.1) is 0 Å². The molecule has 0 spiro atoms. The third-order valence-electron chi connectivity index (χ3n) is 2.72. The van der Waals surface area contributed by atoms with Crippen LogP contribution in [0.2, 0.25) is 0 Å². The number of benzene rings is 1. The number of likely N-dealkylation sites (N-methyl/N-ethyl adjacent to an activating group) is 1. The van der Waals surface area contributed by atoms with Crippen LogP contribution < -0.4 is 11.1 Å². The van der Waals surface area contributed by atoms with Crippen LogP contribution in [0.3, 0.4) is 0 Å². The van der Waals surface area contributed by atoms with Crippen molar-refractivity contribution in [3.63, 3.8) is 0 Å². The molecule has 4 nitrogen and oxygen atoms in total. The highest BCUT2D eigenvalue weighted by molar-refractivity contribution is 5.82. The van der Waals surface area contributed by atoms with E-state index in [1.54, 1.807) is 11.9 Å². The van der Waals surface area contributed by atoms with Gasteiger partial charge in [-0.05, 0) is 25.6 Å². The minimum Gasteiger partial charge on any atom is -0.344 e. The lowest BCUT2D eigenvalue weighted by Crippen LogP contribution is -2.37. The molecule has 0 saturated heterocycles. The van der Waals surface area contributed by atoms with Crippen LogP contribution in [0.1, 0.15) is 18.0 Å². The van der Waals surface area contributed by atoms with E-state index in [1.807, 2.05) is 37.4 Å². The molecule has 4 heteroatoms. The van der Waals surface area contributed by atoms with Gasteiger partial charge in [-0.1, -0.05) is 30.3 Å². The van der Waals surface area contributed by atoms with Crippen LogP contribution >= 0.6 is 0 Å². The van der Waals surface area contributed by atoms with Crippen LogP contribution in [-0.2, 0) is 4.79 Å². The van der Waals surface area contributed by atoms with Crippen molar-refractivity contribution in [1.82, 2.24) is 10.2 Å². The highest BCUT2D eigenvalue weighted by atomic mass is 16.2. The van der Waals surface area contributed by atoms with Crippen LogP contribution in [0.4, 0.5) is 0 Å². The van der Waals surface area contributed by atoms with Gasteiger partial charge in [0.15, 0.2) is 0 Å². The lowest BCUT2D eigenvalue weighted by atomic mass is 10.1. The molecule has 0 radical (unpaired) electrons. The standard InChI is InChI=1S/C13H21N3O/c1-15-9-6-10-16(2)13(17)12(14)11-7-4-3-5-8-11/h3-5,7-8,12,15H,6,9-10,14H2,1-2H3. The van der Waals surface area contributed by atoms with Gasteiger partial charge < -0.3 is 16.0 Å². The summed E-state index contributed by atoms with van der Waals surface area (Å²) in [6.45, 7) is 1.62. The number of nitrogens with two attached hydrogens (primary N) is 1. The topological polar surface area (TPSA) is 58.4 Å². The van der Waals surface area contributed by atoms with Crippen molar-refractivity contribution in [2.24, 2.45) is 5.73 Å². The molecule has 0 aliphatic heterocycles. The molecule has 1 amide bonds. The van der Waals surface area contributed by atoms with Crippen molar-refractivity contribution < 1.29 is 4.79 Å².